The van der Waals surface area contributed by atoms with Crippen LogP contribution < -0.4 is 0 Å². The lowest BCUT2D eigenvalue weighted by molar-refractivity contribution is -0.253. The first-order chi connectivity index (χ1) is 9.26. The highest BCUT2D eigenvalue weighted by atomic mass is 19.4. The van der Waals surface area contributed by atoms with Gasteiger partial charge in [-0.05, 0) is 12.8 Å². The van der Waals surface area contributed by atoms with Gasteiger partial charge in [0, 0.05) is 26.3 Å². The Morgan fingerprint density at radius 2 is 1.80 bits per heavy atom. The van der Waals surface area contributed by atoms with E-state index in [9.17, 15) is 26.7 Å². The van der Waals surface area contributed by atoms with E-state index in [2.05, 4.69) is 4.74 Å². The summed E-state index contributed by atoms with van der Waals surface area (Å²) in [5, 5.41) is 0. The molecule has 0 aliphatic carbocycles. The van der Waals surface area contributed by atoms with Gasteiger partial charge in [-0.1, -0.05) is 0 Å². The molecule has 116 valence electrons. The fourth-order valence-electron chi connectivity index (χ4n) is 2.48. The number of hydrogen-bond donors (Lipinski definition) is 0. The molecule has 0 radical (unpaired) electrons. The number of rotatable bonds is 3. The third-order valence-corrected chi connectivity index (χ3v) is 3.73. The monoisotopic (exact) mass is 303 g/mol. The molecule has 0 aromatic carbocycles. The van der Waals surface area contributed by atoms with Crippen LogP contribution in [-0.2, 0) is 14.3 Å². The van der Waals surface area contributed by atoms with Crippen LogP contribution in [0.25, 0.3) is 0 Å². The molecule has 0 saturated carbocycles. The second kappa shape index (κ2) is 5.44. The maximum atomic E-state index is 13.2. The number of alkyl halides is 5. The summed E-state index contributed by atoms with van der Waals surface area (Å²) in [6, 6.07) is 0. The summed E-state index contributed by atoms with van der Waals surface area (Å²) in [7, 11) is 0. The van der Waals surface area contributed by atoms with Crippen LogP contribution in [0.2, 0.25) is 0 Å². The van der Waals surface area contributed by atoms with Crippen LogP contribution in [0.5, 0.6) is 0 Å². The SMILES string of the molecule is O=C(N1CC(OC(F)F)C1)C1(C(F)(F)F)CCOCC1. The van der Waals surface area contributed by atoms with Gasteiger partial charge in [-0.15, -0.1) is 0 Å². The van der Waals surface area contributed by atoms with E-state index in [4.69, 9.17) is 4.74 Å². The van der Waals surface area contributed by atoms with Gasteiger partial charge in [0.2, 0.25) is 5.91 Å². The van der Waals surface area contributed by atoms with Crippen molar-refractivity contribution in [3.05, 3.63) is 0 Å². The zero-order valence-corrected chi connectivity index (χ0v) is 10.5. The highest BCUT2D eigenvalue weighted by Gasteiger charge is 2.62. The second-order valence-corrected chi connectivity index (χ2v) is 4.92. The molecule has 0 spiro atoms. The highest BCUT2D eigenvalue weighted by molar-refractivity contribution is 5.84. The van der Waals surface area contributed by atoms with Crippen LogP contribution in [-0.4, -0.2) is 56.0 Å². The fraction of sp³-hybridized carbons (Fsp3) is 0.909. The molecule has 0 aromatic rings. The van der Waals surface area contributed by atoms with Gasteiger partial charge in [0.25, 0.3) is 0 Å². The van der Waals surface area contributed by atoms with E-state index in [1.807, 2.05) is 0 Å². The molecule has 0 N–H and O–H groups in total. The van der Waals surface area contributed by atoms with E-state index < -0.39 is 43.1 Å². The molecule has 20 heavy (non-hydrogen) atoms. The van der Waals surface area contributed by atoms with Crippen molar-refractivity contribution in [3.8, 4) is 0 Å². The summed E-state index contributed by atoms with van der Waals surface area (Å²) in [5.41, 5.74) is -2.46. The molecule has 0 aromatic heterocycles. The van der Waals surface area contributed by atoms with Crippen molar-refractivity contribution in [2.45, 2.75) is 31.7 Å². The number of amides is 1. The largest absolute Gasteiger partial charge is 0.403 e. The summed E-state index contributed by atoms with van der Waals surface area (Å²) in [5.74, 6) is -1.07. The first-order valence-corrected chi connectivity index (χ1v) is 6.14. The number of nitrogens with zero attached hydrogens (tertiary/aromatic N) is 1. The van der Waals surface area contributed by atoms with E-state index in [0.717, 1.165) is 4.90 Å². The third kappa shape index (κ3) is 2.73. The van der Waals surface area contributed by atoms with E-state index in [0.29, 0.717) is 0 Å². The number of ether oxygens (including phenoxy) is 2. The van der Waals surface area contributed by atoms with Gasteiger partial charge >= 0.3 is 12.8 Å². The minimum Gasteiger partial charge on any atom is -0.381 e. The lowest BCUT2D eigenvalue weighted by atomic mass is 9.77. The molecular formula is C11H14F5NO3. The summed E-state index contributed by atoms with van der Waals surface area (Å²) >= 11 is 0. The maximum absolute atomic E-state index is 13.2. The number of carbonyl (C=O) groups is 1. The fourth-order valence-corrected chi connectivity index (χ4v) is 2.48. The molecule has 0 bridgehead atoms. The van der Waals surface area contributed by atoms with Crippen molar-refractivity contribution < 1.29 is 36.2 Å². The maximum Gasteiger partial charge on any atom is 0.403 e. The summed E-state index contributed by atoms with van der Waals surface area (Å²) in [4.78, 5) is 13.0. The minimum absolute atomic E-state index is 0.143. The molecule has 2 rings (SSSR count). The lowest BCUT2D eigenvalue weighted by Crippen LogP contribution is -2.63. The zero-order valence-electron chi connectivity index (χ0n) is 10.5. The van der Waals surface area contributed by atoms with Crippen LogP contribution in [0, 0.1) is 5.41 Å². The van der Waals surface area contributed by atoms with Crippen LogP contribution in [0.3, 0.4) is 0 Å². The highest BCUT2D eigenvalue weighted by Crippen LogP contribution is 2.47. The molecule has 2 fully saturated rings. The van der Waals surface area contributed by atoms with Crippen molar-refractivity contribution in [3.63, 3.8) is 0 Å². The standard InChI is InChI=1S/C11H14F5NO3/c12-9(13)20-7-5-17(6-7)8(18)10(11(14,15)16)1-3-19-4-2-10/h7,9H,1-6H2. The van der Waals surface area contributed by atoms with Crippen LogP contribution in [0.4, 0.5) is 22.0 Å². The van der Waals surface area contributed by atoms with E-state index in [1.165, 1.54) is 0 Å². The minimum atomic E-state index is -4.68. The van der Waals surface area contributed by atoms with Crippen molar-refractivity contribution in [1.29, 1.82) is 0 Å². The number of hydrogen-bond acceptors (Lipinski definition) is 3. The number of likely N-dealkylation sites (tertiary alicyclic amines) is 1. The Hall–Kier alpha value is -0.960. The quantitative estimate of drug-likeness (QED) is 0.746. The smallest absolute Gasteiger partial charge is 0.381 e. The average molecular weight is 303 g/mol. The Bertz CT molecular complexity index is 362. The van der Waals surface area contributed by atoms with Gasteiger partial charge < -0.3 is 14.4 Å². The van der Waals surface area contributed by atoms with Gasteiger partial charge in [0.1, 0.15) is 5.41 Å². The second-order valence-electron chi connectivity index (χ2n) is 4.92. The predicted molar refractivity (Wildman–Crippen MR) is 56.0 cm³/mol. The predicted octanol–water partition coefficient (Wildman–Crippen LogP) is 1.80. The van der Waals surface area contributed by atoms with E-state index in [-0.39, 0.29) is 26.3 Å². The molecule has 2 saturated heterocycles. The van der Waals surface area contributed by atoms with Crippen molar-refractivity contribution >= 4 is 5.91 Å². The normalized spacial score (nSPS) is 23.8. The lowest BCUT2D eigenvalue weighted by Gasteiger charge is -2.46. The van der Waals surface area contributed by atoms with Gasteiger partial charge in [-0.25, -0.2) is 0 Å². The zero-order chi connectivity index (χ0) is 15.0. The van der Waals surface area contributed by atoms with Crippen LogP contribution in [0.15, 0.2) is 0 Å². The Kier molecular flexibility index (Phi) is 4.19. The first kappa shape index (κ1) is 15.4. The summed E-state index contributed by atoms with van der Waals surface area (Å²) < 4.78 is 72.5. The van der Waals surface area contributed by atoms with Crippen molar-refractivity contribution in [2.24, 2.45) is 5.41 Å². The molecule has 0 unspecified atom stereocenters. The Balaban J connectivity index is 2.02. The van der Waals surface area contributed by atoms with Crippen LogP contribution >= 0.6 is 0 Å². The Labute approximate surface area is 111 Å². The Morgan fingerprint density at radius 3 is 2.25 bits per heavy atom. The topological polar surface area (TPSA) is 38.8 Å². The van der Waals surface area contributed by atoms with Crippen molar-refractivity contribution in [2.75, 3.05) is 26.3 Å². The van der Waals surface area contributed by atoms with Crippen molar-refractivity contribution in [1.82, 2.24) is 4.90 Å². The van der Waals surface area contributed by atoms with E-state index in [1.54, 1.807) is 0 Å². The molecule has 2 aliphatic heterocycles. The van der Waals surface area contributed by atoms with Gasteiger partial charge in [0.15, 0.2) is 0 Å². The Morgan fingerprint density at radius 1 is 1.25 bits per heavy atom. The van der Waals surface area contributed by atoms with Gasteiger partial charge in [-0.2, -0.15) is 22.0 Å². The van der Waals surface area contributed by atoms with Crippen LogP contribution in [0.1, 0.15) is 12.8 Å². The summed E-state index contributed by atoms with van der Waals surface area (Å²) in [6.45, 7) is -3.74. The first-order valence-electron chi connectivity index (χ1n) is 6.14. The molecule has 1 amide bonds. The van der Waals surface area contributed by atoms with Gasteiger partial charge in [0.05, 0.1) is 6.10 Å². The third-order valence-electron chi connectivity index (χ3n) is 3.73. The molecule has 2 heterocycles. The van der Waals surface area contributed by atoms with E-state index >= 15 is 0 Å². The van der Waals surface area contributed by atoms with Gasteiger partial charge in [-0.3, -0.25) is 4.79 Å². The molecule has 9 heteroatoms. The average Bonchev–Trinajstić information content (AvgIpc) is 2.31. The molecule has 0 atom stereocenters. The molecular weight excluding hydrogens is 289 g/mol. The number of carbonyl (C=O) groups excluding carboxylic acids is 1. The summed E-state index contributed by atoms with van der Waals surface area (Å²) in [6.07, 6.45) is -6.45. The molecule has 2 aliphatic rings. The molecule has 4 nitrogen and oxygen atoms in total. The number of halogens is 5.